The molecular weight excluding hydrogens is 687 g/mol. The van der Waals surface area contributed by atoms with Gasteiger partial charge in [0.2, 0.25) is 5.91 Å². The van der Waals surface area contributed by atoms with E-state index < -0.39 is 38.6 Å². The van der Waals surface area contributed by atoms with E-state index in [0.717, 1.165) is 51.4 Å². The van der Waals surface area contributed by atoms with Gasteiger partial charge in [-0.1, -0.05) is 165 Å². The molecule has 310 valence electrons. The van der Waals surface area contributed by atoms with Crippen LogP contribution in [0.4, 0.5) is 0 Å². The summed E-state index contributed by atoms with van der Waals surface area (Å²) in [5, 5.41) is 24.0. The summed E-state index contributed by atoms with van der Waals surface area (Å²) >= 11 is 0. The van der Waals surface area contributed by atoms with E-state index in [2.05, 4.69) is 55.6 Å². The Balaban J connectivity index is 4.43. The lowest BCUT2D eigenvalue weighted by Gasteiger charge is -2.24. The molecule has 0 aromatic heterocycles. The predicted molar refractivity (Wildman–Crippen MR) is 223 cm³/mol. The lowest BCUT2D eigenvalue weighted by Crippen LogP contribution is -2.46. The van der Waals surface area contributed by atoms with E-state index in [1.807, 2.05) is 6.08 Å². The fourth-order valence-corrected chi connectivity index (χ4v) is 6.71. The van der Waals surface area contributed by atoms with Crippen molar-refractivity contribution in [2.75, 3.05) is 19.8 Å². The lowest BCUT2D eigenvalue weighted by molar-refractivity contribution is -0.124. The SMILES string of the molecule is CCCCC/C=C\C=C/CCCCCCC(O)CC(=O)NC(COP(=O)(O)OCCN)C(O)/C=C/CC/C=C/CCCCCCCCCCCCCC. The third-order valence-electron chi connectivity index (χ3n) is 9.21. The molecule has 0 fully saturated rings. The minimum atomic E-state index is -4.41. The van der Waals surface area contributed by atoms with Crippen LogP contribution in [0.1, 0.15) is 181 Å². The first kappa shape index (κ1) is 51.4. The third-order valence-corrected chi connectivity index (χ3v) is 10.2. The summed E-state index contributed by atoms with van der Waals surface area (Å²) in [6.45, 7) is 3.90. The van der Waals surface area contributed by atoms with Gasteiger partial charge in [-0.2, -0.15) is 0 Å². The van der Waals surface area contributed by atoms with Crippen molar-refractivity contribution >= 4 is 13.7 Å². The highest BCUT2D eigenvalue weighted by atomic mass is 31.2. The van der Waals surface area contributed by atoms with Gasteiger partial charge in [-0.25, -0.2) is 4.57 Å². The molecule has 0 aromatic carbocycles. The standard InChI is InChI=1S/C43H81N2O7P/c1-3-5-7-9-11-13-15-17-18-19-20-21-23-25-27-29-31-33-35-42(47)41(39-52-53(49,50)51-37-36-44)45-43(48)38-40(46)34-32-30-28-26-24-22-16-14-12-10-8-6-4-2/h12,14,16,22,25,27,33,35,40-42,46-47H,3-11,13,15,17-21,23-24,26,28-32,34,36-39,44H2,1-2H3,(H,45,48)(H,49,50)/b14-12-,22-16-,27-25+,35-33+. The molecule has 0 spiro atoms. The normalized spacial score (nSPS) is 15.2. The number of nitrogens with two attached hydrogens (primary N) is 1. The van der Waals surface area contributed by atoms with Crippen molar-refractivity contribution in [2.45, 2.75) is 199 Å². The van der Waals surface area contributed by atoms with Crippen LogP contribution in [0.2, 0.25) is 0 Å². The van der Waals surface area contributed by atoms with Crippen molar-refractivity contribution in [1.29, 1.82) is 0 Å². The monoisotopic (exact) mass is 769 g/mol. The molecule has 0 rings (SSSR count). The van der Waals surface area contributed by atoms with Crippen LogP contribution < -0.4 is 11.1 Å². The summed E-state index contributed by atoms with van der Waals surface area (Å²) in [6.07, 6.45) is 43.4. The Hall–Kier alpha value is -1.58. The van der Waals surface area contributed by atoms with E-state index in [1.165, 1.54) is 96.3 Å². The van der Waals surface area contributed by atoms with Gasteiger partial charge >= 0.3 is 7.82 Å². The van der Waals surface area contributed by atoms with Gasteiger partial charge in [0.15, 0.2) is 0 Å². The zero-order valence-corrected chi connectivity index (χ0v) is 34.8. The molecule has 0 aromatic rings. The van der Waals surface area contributed by atoms with E-state index in [4.69, 9.17) is 14.8 Å². The summed E-state index contributed by atoms with van der Waals surface area (Å²) < 4.78 is 22.0. The van der Waals surface area contributed by atoms with Crippen LogP contribution in [0.5, 0.6) is 0 Å². The molecule has 0 heterocycles. The number of amides is 1. The molecule has 4 atom stereocenters. The summed E-state index contributed by atoms with van der Waals surface area (Å²) in [5.41, 5.74) is 5.35. The van der Waals surface area contributed by atoms with Crippen molar-refractivity contribution in [2.24, 2.45) is 5.73 Å². The fourth-order valence-electron chi connectivity index (χ4n) is 5.95. The van der Waals surface area contributed by atoms with Crippen LogP contribution in [-0.4, -0.2) is 59.0 Å². The van der Waals surface area contributed by atoms with Crippen molar-refractivity contribution in [3.8, 4) is 0 Å². The molecule has 0 radical (unpaired) electrons. The number of hydrogen-bond donors (Lipinski definition) is 5. The highest BCUT2D eigenvalue weighted by molar-refractivity contribution is 7.47. The van der Waals surface area contributed by atoms with Gasteiger partial charge in [0.1, 0.15) is 0 Å². The Labute approximate surface area is 325 Å². The lowest BCUT2D eigenvalue weighted by atomic mass is 10.0. The van der Waals surface area contributed by atoms with E-state index in [0.29, 0.717) is 12.8 Å². The number of unbranched alkanes of at least 4 members (excludes halogenated alkanes) is 20. The van der Waals surface area contributed by atoms with Crippen LogP contribution >= 0.6 is 7.82 Å². The largest absolute Gasteiger partial charge is 0.472 e. The first-order chi connectivity index (χ1) is 25.8. The second-order valence-corrected chi connectivity index (χ2v) is 15.9. The van der Waals surface area contributed by atoms with Crippen molar-refractivity contribution in [1.82, 2.24) is 5.32 Å². The number of aliphatic hydroxyl groups excluding tert-OH is 2. The van der Waals surface area contributed by atoms with E-state index >= 15 is 0 Å². The number of carbonyl (C=O) groups is 1. The molecule has 9 nitrogen and oxygen atoms in total. The molecule has 1 amide bonds. The minimum Gasteiger partial charge on any atom is -0.393 e. The third kappa shape index (κ3) is 37.1. The number of phosphoric ester groups is 1. The Morgan fingerprint density at radius 2 is 1.13 bits per heavy atom. The molecule has 4 unspecified atom stereocenters. The van der Waals surface area contributed by atoms with Crippen LogP contribution in [0.3, 0.4) is 0 Å². The molecule has 0 bridgehead atoms. The van der Waals surface area contributed by atoms with E-state index in [1.54, 1.807) is 6.08 Å². The van der Waals surface area contributed by atoms with Gasteiger partial charge in [-0.05, 0) is 57.8 Å². The van der Waals surface area contributed by atoms with Crippen LogP contribution in [0.15, 0.2) is 48.6 Å². The number of carbonyl (C=O) groups excluding carboxylic acids is 1. The fraction of sp³-hybridized carbons (Fsp3) is 0.791. The number of phosphoric acid groups is 1. The van der Waals surface area contributed by atoms with Gasteiger partial charge in [0.05, 0.1) is 37.9 Å². The van der Waals surface area contributed by atoms with Crippen molar-refractivity contribution in [3.63, 3.8) is 0 Å². The summed E-state index contributed by atoms with van der Waals surface area (Å²) in [6, 6.07) is -1.01. The number of rotatable bonds is 39. The number of aliphatic hydroxyl groups is 2. The first-order valence-electron chi connectivity index (χ1n) is 21.4. The maximum atomic E-state index is 12.8. The first-order valence-corrected chi connectivity index (χ1v) is 22.9. The number of nitrogens with one attached hydrogen (secondary N) is 1. The Kier molecular flexibility index (Phi) is 37.5. The smallest absolute Gasteiger partial charge is 0.393 e. The molecule has 0 saturated carbocycles. The molecule has 6 N–H and O–H groups in total. The molecule has 0 saturated heterocycles. The second-order valence-electron chi connectivity index (χ2n) is 14.4. The zero-order valence-electron chi connectivity index (χ0n) is 33.9. The highest BCUT2D eigenvalue weighted by Gasteiger charge is 2.27. The number of hydrogen-bond acceptors (Lipinski definition) is 7. The minimum absolute atomic E-state index is 0.0407. The molecular formula is C43H81N2O7P. The van der Waals surface area contributed by atoms with Crippen LogP contribution in [-0.2, 0) is 18.4 Å². The second kappa shape index (κ2) is 38.7. The summed E-state index contributed by atoms with van der Waals surface area (Å²) in [4.78, 5) is 22.7. The Bertz CT molecular complexity index is 988. The molecule has 0 aliphatic carbocycles. The maximum absolute atomic E-state index is 12.8. The molecule has 0 aliphatic heterocycles. The summed E-state index contributed by atoms with van der Waals surface area (Å²) in [5.74, 6) is -0.470. The maximum Gasteiger partial charge on any atom is 0.472 e. The van der Waals surface area contributed by atoms with Crippen molar-refractivity contribution in [3.05, 3.63) is 48.6 Å². The number of allylic oxidation sites excluding steroid dienone is 7. The quantitative estimate of drug-likeness (QED) is 0.0179. The predicted octanol–water partition coefficient (Wildman–Crippen LogP) is 10.7. The zero-order chi connectivity index (χ0) is 39.1. The molecule has 53 heavy (non-hydrogen) atoms. The topological polar surface area (TPSA) is 151 Å². The summed E-state index contributed by atoms with van der Waals surface area (Å²) in [7, 11) is -4.41. The van der Waals surface area contributed by atoms with Gasteiger partial charge in [-0.15, -0.1) is 0 Å². The highest BCUT2D eigenvalue weighted by Crippen LogP contribution is 2.43. The Morgan fingerprint density at radius 3 is 1.72 bits per heavy atom. The average molecular weight is 769 g/mol. The Morgan fingerprint density at radius 1 is 0.660 bits per heavy atom. The van der Waals surface area contributed by atoms with Gasteiger partial charge in [-0.3, -0.25) is 13.8 Å². The van der Waals surface area contributed by atoms with E-state index in [-0.39, 0.29) is 19.6 Å². The van der Waals surface area contributed by atoms with Gasteiger partial charge < -0.3 is 26.2 Å². The average Bonchev–Trinajstić information content (AvgIpc) is 3.13. The van der Waals surface area contributed by atoms with Crippen LogP contribution in [0.25, 0.3) is 0 Å². The molecule has 0 aliphatic rings. The van der Waals surface area contributed by atoms with Crippen LogP contribution in [0, 0.1) is 0 Å². The van der Waals surface area contributed by atoms with Gasteiger partial charge in [0.25, 0.3) is 0 Å². The van der Waals surface area contributed by atoms with Crippen molar-refractivity contribution < 1.29 is 33.5 Å². The van der Waals surface area contributed by atoms with Gasteiger partial charge in [0, 0.05) is 6.54 Å². The molecule has 10 heteroatoms. The van der Waals surface area contributed by atoms with E-state index in [9.17, 15) is 24.5 Å².